The smallest absolute Gasteiger partial charge is 0.323 e. The van der Waals surface area contributed by atoms with Crippen molar-refractivity contribution in [3.63, 3.8) is 0 Å². The average molecular weight is 670 g/mol. The standard InChI is InChI=1S/C36H52FN5O6/c1-24-21-42(25(2)23-43)34(44)31-20-30(39-35(45)38-29-15-13-27(37)14-16-29)17-18-32(31)48-26(3)10-8-9-19-47-33(24)22-41(4)36(46)40-28-11-6-5-7-12-28/h13-18,20,24-26,28,33,43H,5-12,19,21-23H2,1-4H3,(H,40,46)(H2,38,39,45)/t24-,25-,26-,33-/m1/s1. The zero-order chi connectivity index (χ0) is 34.6. The third kappa shape index (κ3) is 10.8. The molecule has 4 atom stereocenters. The second kappa shape index (κ2) is 18.0. The maximum absolute atomic E-state index is 14.3. The molecule has 0 aromatic heterocycles. The fourth-order valence-corrected chi connectivity index (χ4v) is 6.17. The molecule has 0 spiro atoms. The van der Waals surface area contributed by atoms with Gasteiger partial charge in [0, 0.05) is 50.1 Å². The van der Waals surface area contributed by atoms with E-state index in [1.165, 1.54) is 30.7 Å². The number of fused-ring (bicyclic) bond motifs is 1. The molecule has 2 aromatic rings. The summed E-state index contributed by atoms with van der Waals surface area (Å²) in [6, 6.07) is 9.25. The molecular weight excluding hydrogens is 617 g/mol. The number of benzene rings is 2. The van der Waals surface area contributed by atoms with Gasteiger partial charge in [0.05, 0.1) is 30.4 Å². The molecule has 0 radical (unpaired) electrons. The first-order valence-corrected chi connectivity index (χ1v) is 17.2. The fraction of sp³-hybridized carbons (Fsp3) is 0.583. The number of amides is 5. The number of urea groups is 2. The minimum absolute atomic E-state index is 0.128. The Morgan fingerprint density at radius 3 is 2.38 bits per heavy atom. The van der Waals surface area contributed by atoms with Crippen LogP contribution < -0.4 is 20.7 Å². The van der Waals surface area contributed by atoms with E-state index in [2.05, 4.69) is 16.0 Å². The molecule has 4 N–H and O–H groups in total. The van der Waals surface area contributed by atoms with Gasteiger partial charge in [-0.25, -0.2) is 14.0 Å². The Morgan fingerprint density at radius 1 is 1.00 bits per heavy atom. The highest BCUT2D eigenvalue weighted by molar-refractivity contribution is 6.02. The van der Waals surface area contributed by atoms with E-state index >= 15 is 0 Å². The Balaban J connectivity index is 1.55. The fourth-order valence-electron chi connectivity index (χ4n) is 6.17. The predicted octanol–water partition coefficient (Wildman–Crippen LogP) is 6.24. The molecule has 0 bridgehead atoms. The molecule has 264 valence electrons. The van der Waals surface area contributed by atoms with Gasteiger partial charge in [0.2, 0.25) is 0 Å². The first-order chi connectivity index (χ1) is 23.0. The van der Waals surface area contributed by atoms with Crippen LogP contribution in [0.1, 0.15) is 82.5 Å². The summed E-state index contributed by atoms with van der Waals surface area (Å²) in [7, 11) is 1.77. The normalized spacial score (nSPS) is 22.0. The number of nitrogens with one attached hydrogen (secondary N) is 3. The maximum atomic E-state index is 14.3. The average Bonchev–Trinajstić information content (AvgIpc) is 3.07. The van der Waals surface area contributed by atoms with E-state index in [0.29, 0.717) is 30.3 Å². The zero-order valence-corrected chi connectivity index (χ0v) is 28.7. The summed E-state index contributed by atoms with van der Waals surface area (Å²) < 4.78 is 26.0. The summed E-state index contributed by atoms with van der Waals surface area (Å²) in [5, 5.41) is 18.8. The monoisotopic (exact) mass is 669 g/mol. The molecule has 1 aliphatic heterocycles. The molecular formula is C36H52FN5O6. The molecule has 1 saturated carbocycles. The van der Waals surface area contributed by atoms with Gasteiger partial charge in [-0.15, -0.1) is 0 Å². The number of ether oxygens (including phenoxy) is 2. The number of aliphatic hydroxyl groups is 1. The van der Waals surface area contributed by atoms with E-state index in [4.69, 9.17) is 9.47 Å². The highest BCUT2D eigenvalue weighted by Gasteiger charge is 2.31. The topological polar surface area (TPSA) is 132 Å². The van der Waals surface area contributed by atoms with Gasteiger partial charge in [-0.3, -0.25) is 4.79 Å². The second-order valence-electron chi connectivity index (χ2n) is 13.3. The van der Waals surface area contributed by atoms with Gasteiger partial charge >= 0.3 is 12.1 Å². The number of anilines is 2. The van der Waals surface area contributed by atoms with Crippen LogP contribution in [0.3, 0.4) is 0 Å². The molecule has 0 unspecified atom stereocenters. The van der Waals surface area contributed by atoms with Crippen molar-refractivity contribution in [1.29, 1.82) is 0 Å². The molecule has 12 heteroatoms. The Bertz CT molecular complexity index is 1350. The van der Waals surface area contributed by atoms with Crippen LogP contribution in [0.2, 0.25) is 0 Å². The van der Waals surface area contributed by atoms with Crippen molar-refractivity contribution in [3.05, 3.63) is 53.8 Å². The number of hydrogen-bond donors (Lipinski definition) is 4. The van der Waals surface area contributed by atoms with Crippen LogP contribution in [0.5, 0.6) is 5.75 Å². The van der Waals surface area contributed by atoms with E-state index in [0.717, 1.165) is 44.9 Å². The Hall–Kier alpha value is -3.90. The van der Waals surface area contributed by atoms with Gasteiger partial charge < -0.3 is 40.3 Å². The zero-order valence-electron chi connectivity index (χ0n) is 28.7. The van der Waals surface area contributed by atoms with Crippen LogP contribution in [-0.2, 0) is 4.74 Å². The third-order valence-corrected chi connectivity index (χ3v) is 9.14. The van der Waals surface area contributed by atoms with Gasteiger partial charge in [0.15, 0.2) is 0 Å². The number of hydrogen-bond acceptors (Lipinski definition) is 6. The number of carbonyl (C=O) groups excluding carboxylic acids is 3. The van der Waals surface area contributed by atoms with Crippen molar-refractivity contribution in [2.24, 2.45) is 5.92 Å². The van der Waals surface area contributed by atoms with Crippen molar-refractivity contribution >= 4 is 29.3 Å². The van der Waals surface area contributed by atoms with E-state index in [-0.39, 0.29) is 54.8 Å². The largest absolute Gasteiger partial charge is 0.490 e. The summed E-state index contributed by atoms with van der Waals surface area (Å²) in [6.07, 6.45) is 7.27. The highest BCUT2D eigenvalue weighted by atomic mass is 19.1. The van der Waals surface area contributed by atoms with Crippen molar-refractivity contribution < 1.29 is 33.4 Å². The Labute approximate surface area is 283 Å². The lowest BCUT2D eigenvalue weighted by Crippen LogP contribution is -2.50. The first-order valence-electron chi connectivity index (χ1n) is 17.2. The number of aliphatic hydroxyl groups excluding tert-OH is 1. The number of halogens is 1. The van der Waals surface area contributed by atoms with Gasteiger partial charge in [-0.2, -0.15) is 0 Å². The quantitative estimate of drug-likeness (QED) is 0.276. The molecule has 1 fully saturated rings. The minimum Gasteiger partial charge on any atom is -0.490 e. The summed E-state index contributed by atoms with van der Waals surface area (Å²) >= 11 is 0. The van der Waals surface area contributed by atoms with Gasteiger partial charge in [0.25, 0.3) is 5.91 Å². The molecule has 0 saturated heterocycles. The number of carbonyl (C=O) groups is 3. The summed E-state index contributed by atoms with van der Waals surface area (Å²) in [5.74, 6) is -0.598. The number of nitrogens with zero attached hydrogens (tertiary/aromatic N) is 2. The molecule has 4 rings (SSSR count). The SMILES string of the molecule is C[C@@H]1CCCCO[C@H](CN(C)C(=O)NC2CCCCC2)[C@H](C)CN([C@H](C)CO)C(=O)c2cc(NC(=O)Nc3ccc(F)cc3)ccc2O1. The van der Waals surface area contributed by atoms with Crippen molar-refractivity contribution in [1.82, 2.24) is 15.1 Å². The van der Waals surface area contributed by atoms with E-state index in [1.807, 2.05) is 13.8 Å². The summed E-state index contributed by atoms with van der Waals surface area (Å²) in [4.78, 5) is 43.5. The lowest BCUT2D eigenvalue weighted by atomic mass is 9.96. The van der Waals surface area contributed by atoms with Crippen LogP contribution in [0.15, 0.2) is 42.5 Å². The van der Waals surface area contributed by atoms with Crippen molar-refractivity contribution in [2.45, 2.75) is 96.4 Å². The van der Waals surface area contributed by atoms with Crippen LogP contribution in [0, 0.1) is 11.7 Å². The molecule has 11 nitrogen and oxygen atoms in total. The molecule has 1 aliphatic carbocycles. The molecule has 1 heterocycles. The Morgan fingerprint density at radius 2 is 1.67 bits per heavy atom. The minimum atomic E-state index is -0.560. The summed E-state index contributed by atoms with van der Waals surface area (Å²) in [6.45, 7) is 6.55. The van der Waals surface area contributed by atoms with E-state index in [1.54, 1.807) is 42.0 Å². The van der Waals surface area contributed by atoms with Gasteiger partial charge in [0.1, 0.15) is 11.6 Å². The summed E-state index contributed by atoms with van der Waals surface area (Å²) in [5.41, 5.74) is 1.01. The van der Waals surface area contributed by atoms with Crippen LogP contribution in [0.4, 0.5) is 25.4 Å². The van der Waals surface area contributed by atoms with Crippen LogP contribution in [-0.4, -0.2) is 90.5 Å². The molecule has 2 aromatic carbocycles. The van der Waals surface area contributed by atoms with E-state index in [9.17, 15) is 23.9 Å². The molecule has 48 heavy (non-hydrogen) atoms. The van der Waals surface area contributed by atoms with Crippen LogP contribution >= 0.6 is 0 Å². The van der Waals surface area contributed by atoms with E-state index < -0.39 is 17.9 Å². The lowest BCUT2D eigenvalue weighted by molar-refractivity contribution is -0.0123. The van der Waals surface area contributed by atoms with Gasteiger partial charge in [-0.05, 0) is 88.4 Å². The molecule has 2 aliphatic rings. The Kier molecular flexibility index (Phi) is 13.9. The van der Waals surface area contributed by atoms with Crippen molar-refractivity contribution in [3.8, 4) is 5.75 Å². The number of likely N-dealkylation sites (N-methyl/N-ethyl adjacent to an activating group) is 1. The lowest BCUT2D eigenvalue weighted by Gasteiger charge is -2.36. The van der Waals surface area contributed by atoms with Gasteiger partial charge in [-0.1, -0.05) is 26.2 Å². The van der Waals surface area contributed by atoms with Crippen molar-refractivity contribution in [2.75, 3.05) is 44.0 Å². The third-order valence-electron chi connectivity index (χ3n) is 9.14. The second-order valence-corrected chi connectivity index (χ2v) is 13.3. The highest BCUT2D eigenvalue weighted by Crippen LogP contribution is 2.29. The predicted molar refractivity (Wildman–Crippen MR) is 184 cm³/mol. The maximum Gasteiger partial charge on any atom is 0.323 e. The molecule has 5 amide bonds. The first kappa shape index (κ1) is 36.9. The van der Waals surface area contributed by atoms with Crippen LogP contribution in [0.25, 0.3) is 0 Å². The number of rotatable bonds is 7.